The number of hydrogen-bond donors (Lipinski definition) is 13. The molecule has 12 amide bonds. The Bertz CT molecular complexity index is 1880. The molecule has 25 heteroatoms. The van der Waals surface area contributed by atoms with Crippen molar-refractivity contribution in [3.05, 3.63) is 29.8 Å². The third-order valence-corrected chi connectivity index (χ3v) is 9.41. The average Bonchev–Trinajstić information content (AvgIpc) is 3.21. The summed E-state index contributed by atoms with van der Waals surface area (Å²) in [7, 11) is 0. The Hall–Kier alpha value is -7.34. The molecule has 7 unspecified atom stereocenters. The molecule has 0 radical (unpaired) electrons. The summed E-state index contributed by atoms with van der Waals surface area (Å²) in [6.45, 7) is 5.02. The van der Waals surface area contributed by atoms with E-state index in [0.29, 0.717) is 12.0 Å². The van der Waals surface area contributed by atoms with Crippen LogP contribution >= 0.6 is 0 Å². The van der Waals surface area contributed by atoms with Crippen LogP contribution in [0, 0.1) is 5.92 Å². The van der Waals surface area contributed by atoms with Crippen molar-refractivity contribution < 1.29 is 62.6 Å². The number of carbonyl (C=O) groups excluding carboxylic acids is 12. The molecular formula is C39H60N12O13. The summed E-state index contributed by atoms with van der Waals surface area (Å²) in [5.41, 5.74) is 21.1. The predicted octanol–water partition coefficient (Wildman–Crippen LogP) is -5.56. The smallest absolute Gasteiger partial charge is 0.243 e. The van der Waals surface area contributed by atoms with Crippen molar-refractivity contribution in [1.29, 1.82) is 0 Å². The van der Waals surface area contributed by atoms with E-state index in [1.54, 1.807) is 13.8 Å². The number of nitrogens with one attached hydrogen (secondary N) is 8. The molecule has 0 aliphatic carbocycles. The maximum Gasteiger partial charge on any atom is 0.243 e. The normalized spacial score (nSPS) is 13.9. The lowest BCUT2D eigenvalue weighted by Gasteiger charge is -2.29. The molecule has 1 aromatic rings. The summed E-state index contributed by atoms with van der Waals surface area (Å²) in [5.74, 6) is -10.5. The second-order valence-corrected chi connectivity index (χ2v) is 14.9. The number of amides is 12. The second-order valence-electron chi connectivity index (χ2n) is 14.9. The number of rotatable bonds is 29. The van der Waals surface area contributed by atoms with Crippen LogP contribution in [0.1, 0.15) is 78.2 Å². The topological polar surface area (TPSA) is 425 Å². The first kappa shape index (κ1) is 54.7. The first-order valence-electron chi connectivity index (χ1n) is 20.2. The Morgan fingerprint density at radius 3 is 1.69 bits per heavy atom. The summed E-state index contributed by atoms with van der Waals surface area (Å²) >= 11 is 0. The molecule has 0 aliphatic rings. The van der Waals surface area contributed by atoms with Crippen molar-refractivity contribution in [3.63, 3.8) is 0 Å². The number of carbonyl (C=O) groups is 12. The number of phenolic OH excluding ortho intramolecular Hbond substituents is 1. The van der Waals surface area contributed by atoms with Crippen molar-refractivity contribution in [1.82, 2.24) is 42.5 Å². The van der Waals surface area contributed by atoms with E-state index < -0.39 is 139 Å². The molecule has 0 saturated carbocycles. The van der Waals surface area contributed by atoms with Crippen LogP contribution in [0.3, 0.4) is 0 Å². The number of aromatic hydroxyl groups is 1. The lowest BCUT2D eigenvalue weighted by molar-refractivity contribution is -0.135. The maximum absolute atomic E-state index is 13.9. The van der Waals surface area contributed by atoms with Gasteiger partial charge in [0.2, 0.25) is 70.9 Å². The highest BCUT2D eigenvalue weighted by molar-refractivity contribution is 5.97. The molecule has 1 rings (SSSR count). The summed E-state index contributed by atoms with van der Waals surface area (Å²) in [6, 6.07) is -2.22. The molecule has 0 bridgehead atoms. The van der Waals surface area contributed by atoms with Gasteiger partial charge in [0.1, 0.15) is 42.0 Å². The number of phenols is 1. The van der Waals surface area contributed by atoms with Gasteiger partial charge < -0.3 is 70.6 Å². The van der Waals surface area contributed by atoms with E-state index in [4.69, 9.17) is 22.9 Å². The molecule has 0 saturated heterocycles. The van der Waals surface area contributed by atoms with E-state index in [1.807, 2.05) is 0 Å². The summed E-state index contributed by atoms with van der Waals surface area (Å²) in [4.78, 5) is 149. The molecule has 0 fully saturated rings. The van der Waals surface area contributed by atoms with E-state index in [-0.39, 0.29) is 37.9 Å². The number of benzene rings is 1. The first-order valence-corrected chi connectivity index (χ1v) is 20.2. The Morgan fingerprint density at radius 1 is 0.547 bits per heavy atom. The zero-order valence-electron chi connectivity index (χ0n) is 36.1. The second kappa shape index (κ2) is 27.6. The largest absolute Gasteiger partial charge is 0.508 e. The average molecular weight is 905 g/mol. The lowest BCUT2D eigenvalue weighted by atomic mass is 9.96. The minimum atomic E-state index is -1.55. The van der Waals surface area contributed by atoms with E-state index in [2.05, 4.69) is 42.5 Å². The van der Waals surface area contributed by atoms with Crippen LogP contribution in [0.2, 0.25) is 0 Å². The predicted molar refractivity (Wildman–Crippen MR) is 225 cm³/mol. The highest BCUT2D eigenvalue weighted by Crippen LogP contribution is 2.14. The molecule has 0 aliphatic heterocycles. The van der Waals surface area contributed by atoms with Crippen LogP contribution in [0.5, 0.6) is 5.75 Å². The fourth-order valence-electron chi connectivity index (χ4n) is 5.58. The molecule has 17 N–H and O–H groups in total. The lowest BCUT2D eigenvalue weighted by Crippen LogP contribution is -2.60. The van der Waals surface area contributed by atoms with Gasteiger partial charge in [-0.2, -0.15) is 0 Å². The van der Waals surface area contributed by atoms with Gasteiger partial charge in [-0.15, -0.1) is 0 Å². The summed E-state index contributed by atoms with van der Waals surface area (Å²) in [6.07, 6.45) is -1.64. The third kappa shape index (κ3) is 21.4. The molecular weight excluding hydrogens is 844 g/mol. The monoisotopic (exact) mass is 904 g/mol. The fourth-order valence-corrected chi connectivity index (χ4v) is 5.58. The van der Waals surface area contributed by atoms with Gasteiger partial charge in [0.05, 0.1) is 19.5 Å². The summed E-state index contributed by atoms with van der Waals surface area (Å²) in [5, 5.41) is 28.9. The van der Waals surface area contributed by atoms with Crippen LogP contribution in [0.4, 0.5) is 0 Å². The highest BCUT2D eigenvalue weighted by Gasteiger charge is 2.34. The van der Waals surface area contributed by atoms with Crippen molar-refractivity contribution in [2.24, 2.45) is 28.9 Å². The minimum Gasteiger partial charge on any atom is -0.508 e. The zero-order chi connectivity index (χ0) is 48.7. The van der Waals surface area contributed by atoms with E-state index in [9.17, 15) is 62.6 Å². The van der Waals surface area contributed by atoms with Gasteiger partial charge in [-0.3, -0.25) is 57.5 Å². The zero-order valence-corrected chi connectivity index (χ0v) is 36.1. The van der Waals surface area contributed by atoms with E-state index in [0.717, 1.165) is 0 Å². The maximum atomic E-state index is 13.9. The van der Waals surface area contributed by atoms with Gasteiger partial charge in [-0.25, -0.2) is 0 Å². The molecule has 354 valence electrons. The van der Waals surface area contributed by atoms with Crippen LogP contribution < -0.4 is 65.5 Å². The van der Waals surface area contributed by atoms with Crippen LogP contribution in [-0.2, 0) is 64.0 Å². The first-order chi connectivity index (χ1) is 29.9. The molecule has 64 heavy (non-hydrogen) atoms. The minimum absolute atomic E-state index is 0.00858. The molecule has 7 atom stereocenters. The quantitative estimate of drug-likeness (QED) is 0.0357. The van der Waals surface area contributed by atoms with Gasteiger partial charge in [0, 0.05) is 25.7 Å². The van der Waals surface area contributed by atoms with Gasteiger partial charge in [-0.05, 0) is 50.3 Å². The van der Waals surface area contributed by atoms with Crippen molar-refractivity contribution >= 4 is 70.9 Å². The Kier molecular flexibility index (Phi) is 23.6. The fraction of sp³-hybridized carbons (Fsp3) is 0.538. The summed E-state index contributed by atoms with van der Waals surface area (Å²) < 4.78 is 0. The van der Waals surface area contributed by atoms with Crippen molar-refractivity contribution in [2.45, 2.75) is 115 Å². The standard InChI is InChI=1S/C39H60N12O13/c1-5-19(2)33(39(64)49-24(13-14-27(40)53)37(62)50-25(34(43)59)16-28(41)54)51-38(63)26(15-22-9-11-23(52)12-10-22)48-32(58)18-44-30(56)7-6-8-31(57)46-21(4)36(61)47-20(3)35(60)45-17-29(42)55/h9-12,19-21,24-26,33,52H,5-8,13-18H2,1-4H3,(H2,40,53)(H2,41,54)(H2,42,55)(H2,43,59)(H,44,56)(H,45,60)(H,46,57)(H,47,61)(H,48,58)(H,49,64)(H,50,62)(H,51,63). The van der Waals surface area contributed by atoms with Crippen LogP contribution in [0.25, 0.3) is 0 Å². The van der Waals surface area contributed by atoms with Crippen LogP contribution in [-0.4, -0.2) is 125 Å². The third-order valence-electron chi connectivity index (χ3n) is 9.41. The molecule has 1 aromatic carbocycles. The van der Waals surface area contributed by atoms with E-state index in [1.165, 1.54) is 38.1 Å². The molecule has 0 aromatic heterocycles. The molecule has 0 spiro atoms. The van der Waals surface area contributed by atoms with Gasteiger partial charge in [-0.1, -0.05) is 32.4 Å². The van der Waals surface area contributed by atoms with Crippen molar-refractivity contribution in [3.8, 4) is 5.75 Å². The Labute approximate surface area is 368 Å². The SMILES string of the molecule is CCC(C)C(NC(=O)C(Cc1ccc(O)cc1)NC(=O)CNC(=O)CCCC(=O)NC(C)C(=O)NC(C)C(=O)NCC(N)=O)C(=O)NC(CCC(N)=O)C(=O)NC(CC(N)=O)C(N)=O. The van der Waals surface area contributed by atoms with Crippen LogP contribution in [0.15, 0.2) is 24.3 Å². The number of primary amides is 4. The Morgan fingerprint density at radius 2 is 1.12 bits per heavy atom. The number of nitrogens with two attached hydrogens (primary N) is 4. The molecule has 0 heterocycles. The highest BCUT2D eigenvalue weighted by atomic mass is 16.3. The number of hydrogen-bond acceptors (Lipinski definition) is 13. The van der Waals surface area contributed by atoms with Crippen molar-refractivity contribution in [2.75, 3.05) is 13.1 Å². The molecule has 25 nitrogen and oxygen atoms in total. The van der Waals surface area contributed by atoms with E-state index >= 15 is 0 Å². The van der Waals surface area contributed by atoms with Gasteiger partial charge in [0.15, 0.2) is 0 Å². The Balaban J connectivity index is 3.00. The van der Waals surface area contributed by atoms with Gasteiger partial charge in [0.25, 0.3) is 0 Å². The van der Waals surface area contributed by atoms with Gasteiger partial charge >= 0.3 is 0 Å².